The van der Waals surface area contributed by atoms with Gasteiger partial charge < -0.3 is 4.90 Å². The van der Waals surface area contributed by atoms with Crippen LogP contribution in [0.2, 0.25) is 0 Å². The highest BCUT2D eigenvalue weighted by Crippen LogP contribution is 2.35. The van der Waals surface area contributed by atoms with Gasteiger partial charge in [-0.1, -0.05) is 25.0 Å². The summed E-state index contributed by atoms with van der Waals surface area (Å²) < 4.78 is 12.8. The third kappa shape index (κ3) is 4.00. The molecule has 2 saturated carbocycles. The summed E-state index contributed by atoms with van der Waals surface area (Å²) in [7, 11) is 0. The molecule has 0 bridgehead atoms. The van der Waals surface area contributed by atoms with Gasteiger partial charge in [0.1, 0.15) is 5.82 Å². The van der Waals surface area contributed by atoms with E-state index in [1.165, 1.54) is 50.7 Å². The van der Waals surface area contributed by atoms with E-state index in [1.807, 2.05) is 0 Å². The van der Waals surface area contributed by atoms with Gasteiger partial charge in [-0.05, 0) is 43.4 Å². The normalized spacial score (nSPS) is 18.9. The predicted octanol–water partition coefficient (Wildman–Crippen LogP) is 3.99. The third-order valence-electron chi connectivity index (χ3n) is 4.35. The van der Waals surface area contributed by atoms with E-state index in [0.29, 0.717) is 23.7 Å². The summed E-state index contributed by atoms with van der Waals surface area (Å²) in [6.07, 6.45) is 7.28. The number of thioether (sulfide) groups is 1. The second kappa shape index (κ2) is 6.82. The van der Waals surface area contributed by atoms with Crippen LogP contribution < -0.4 is 0 Å². The lowest BCUT2D eigenvalue weighted by molar-refractivity contribution is -0.131. The van der Waals surface area contributed by atoms with Crippen LogP contribution in [-0.4, -0.2) is 28.6 Å². The van der Waals surface area contributed by atoms with Crippen LogP contribution in [0.1, 0.15) is 44.1 Å². The quantitative estimate of drug-likeness (QED) is 0.792. The van der Waals surface area contributed by atoms with Crippen molar-refractivity contribution in [2.75, 3.05) is 5.75 Å². The number of halogens is 1. The molecule has 21 heavy (non-hydrogen) atoms. The van der Waals surface area contributed by atoms with Crippen LogP contribution in [0.3, 0.4) is 0 Å². The lowest BCUT2D eigenvalue weighted by atomic mass is 10.2. The molecule has 0 aliphatic heterocycles. The summed E-state index contributed by atoms with van der Waals surface area (Å²) >= 11 is 1.64. The first-order valence-electron chi connectivity index (χ1n) is 7.87. The number of amides is 1. The van der Waals surface area contributed by atoms with Crippen LogP contribution in [0.4, 0.5) is 4.39 Å². The van der Waals surface area contributed by atoms with Crippen molar-refractivity contribution in [3.63, 3.8) is 0 Å². The molecule has 1 amide bonds. The van der Waals surface area contributed by atoms with Gasteiger partial charge in [0.2, 0.25) is 5.91 Å². The number of hydrogen-bond acceptors (Lipinski definition) is 2. The van der Waals surface area contributed by atoms with Crippen LogP contribution in [-0.2, 0) is 10.5 Å². The van der Waals surface area contributed by atoms with E-state index in [-0.39, 0.29) is 5.82 Å². The van der Waals surface area contributed by atoms with E-state index in [2.05, 4.69) is 4.90 Å². The molecule has 0 unspecified atom stereocenters. The summed E-state index contributed by atoms with van der Waals surface area (Å²) in [6, 6.07) is 7.56. The summed E-state index contributed by atoms with van der Waals surface area (Å²) in [4.78, 5) is 14.7. The molecule has 2 aliphatic carbocycles. The first-order valence-corrected chi connectivity index (χ1v) is 9.03. The Morgan fingerprint density at radius 1 is 1.10 bits per heavy atom. The summed E-state index contributed by atoms with van der Waals surface area (Å²) in [6.45, 7) is 0. The van der Waals surface area contributed by atoms with E-state index < -0.39 is 0 Å². The zero-order valence-corrected chi connectivity index (χ0v) is 13.1. The Kier molecular flexibility index (Phi) is 4.84. The van der Waals surface area contributed by atoms with Crippen molar-refractivity contribution in [2.45, 2.75) is 56.4 Å². The van der Waals surface area contributed by atoms with E-state index >= 15 is 0 Å². The van der Waals surface area contributed by atoms with Crippen molar-refractivity contribution < 1.29 is 9.18 Å². The highest BCUT2D eigenvalue weighted by molar-refractivity contribution is 7.99. The zero-order chi connectivity index (χ0) is 14.7. The van der Waals surface area contributed by atoms with Gasteiger partial charge in [0.15, 0.2) is 0 Å². The minimum absolute atomic E-state index is 0.207. The Morgan fingerprint density at radius 3 is 2.33 bits per heavy atom. The van der Waals surface area contributed by atoms with Crippen LogP contribution in [0, 0.1) is 5.82 Å². The molecule has 2 fully saturated rings. The fourth-order valence-corrected chi connectivity index (χ4v) is 4.01. The Hall–Kier alpha value is -1.03. The highest BCUT2D eigenvalue weighted by atomic mass is 32.2. The van der Waals surface area contributed by atoms with Gasteiger partial charge in [-0.25, -0.2) is 4.39 Å². The van der Waals surface area contributed by atoms with Crippen LogP contribution in [0.25, 0.3) is 0 Å². The molecule has 0 aromatic heterocycles. The molecule has 3 rings (SSSR count). The summed E-state index contributed by atoms with van der Waals surface area (Å²) in [5.74, 6) is 1.41. The van der Waals surface area contributed by atoms with Gasteiger partial charge >= 0.3 is 0 Å². The van der Waals surface area contributed by atoms with Crippen molar-refractivity contribution in [3.05, 3.63) is 35.6 Å². The number of hydrogen-bond donors (Lipinski definition) is 0. The molecule has 0 radical (unpaired) electrons. The molecular weight excluding hydrogens is 285 g/mol. The Bertz CT molecular complexity index is 480. The lowest BCUT2D eigenvalue weighted by Gasteiger charge is -2.29. The van der Waals surface area contributed by atoms with E-state index in [4.69, 9.17) is 0 Å². The average molecular weight is 307 g/mol. The molecule has 4 heteroatoms. The Morgan fingerprint density at radius 2 is 1.71 bits per heavy atom. The minimum Gasteiger partial charge on any atom is -0.336 e. The van der Waals surface area contributed by atoms with Crippen molar-refractivity contribution in [1.29, 1.82) is 0 Å². The fourth-order valence-electron chi connectivity index (χ4n) is 3.15. The van der Waals surface area contributed by atoms with Gasteiger partial charge in [-0.2, -0.15) is 0 Å². The number of nitrogens with zero attached hydrogens (tertiary/aromatic N) is 1. The minimum atomic E-state index is -0.207. The smallest absolute Gasteiger partial charge is 0.233 e. The monoisotopic (exact) mass is 307 g/mol. The van der Waals surface area contributed by atoms with Gasteiger partial charge in [0.25, 0.3) is 0 Å². The van der Waals surface area contributed by atoms with Gasteiger partial charge in [0, 0.05) is 17.8 Å². The standard InChI is InChI=1S/C17H22FNOS/c18-14-7-5-13(6-8-14)11-21-12-17(20)19(16-9-10-16)15-3-1-2-4-15/h5-8,15-16H,1-4,9-12H2. The molecule has 0 atom stereocenters. The molecule has 1 aromatic carbocycles. The lowest BCUT2D eigenvalue weighted by Crippen LogP contribution is -2.41. The molecular formula is C17H22FNOS. The second-order valence-electron chi connectivity index (χ2n) is 6.09. The van der Waals surface area contributed by atoms with Gasteiger partial charge in [-0.15, -0.1) is 11.8 Å². The van der Waals surface area contributed by atoms with E-state index in [9.17, 15) is 9.18 Å². The molecule has 0 heterocycles. The topological polar surface area (TPSA) is 20.3 Å². The maximum absolute atomic E-state index is 12.8. The third-order valence-corrected chi connectivity index (χ3v) is 5.34. The van der Waals surface area contributed by atoms with Crippen molar-refractivity contribution in [2.24, 2.45) is 0 Å². The molecule has 1 aromatic rings. The SMILES string of the molecule is O=C(CSCc1ccc(F)cc1)N(C1CCCC1)C1CC1. The summed E-state index contributed by atoms with van der Waals surface area (Å²) in [5.41, 5.74) is 1.08. The number of carbonyl (C=O) groups is 1. The molecule has 2 aliphatic rings. The fraction of sp³-hybridized carbons (Fsp3) is 0.588. The number of carbonyl (C=O) groups excluding carboxylic acids is 1. The number of benzene rings is 1. The van der Waals surface area contributed by atoms with Crippen molar-refractivity contribution in [1.82, 2.24) is 4.90 Å². The molecule has 2 nitrogen and oxygen atoms in total. The van der Waals surface area contributed by atoms with E-state index in [0.717, 1.165) is 11.3 Å². The predicted molar refractivity (Wildman–Crippen MR) is 84.7 cm³/mol. The first kappa shape index (κ1) is 14.9. The van der Waals surface area contributed by atoms with Crippen LogP contribution in [0.15, 0.2) is 24.3 Å². The maximum atomic E-state index is 12.8. The maximum Gasteiger partial charge on any atom is 0.233 e. The Balaban J connectivity index is 1.49. The highest BCUT2D eigenvalue weighted by Gasteiger charge is 2.37. The molecule has 0 spiro atoms. The molecule has 114 valence electrons. The average Bonchev–Trinajstić information content (AvgIpc) is 3.16. The van der Waals surface area contributed by atoms with Gasteiger partial charge in [0.05, 0.1) is 5.75 Å². The number of rotatable bonds is 6. The van der Waals surface area contributed by atoms with Crippen molar-refractivity contribution in [3.8, 4) is 0 Å². The molecule has 0 saturated heterocycles. The van der Waals surface area contributed by atoms with Crippen LogP contribution >= 0.6 is 11.8 Å². The van der Waals surface area contributed by atoms with Crippen LogP contribution in [0.5, 0.6) is 0 Å². The molecule has 0 N–H and O–H groups in total. The van der Waals surface area contributed by atoms with Gasteiger partial charge in [-0.3, -0.25) is 4.79 Å². The Labute approximate surface area is 130 Å². The zero-order valence-electron chi connectivity index (χ0n) is 12.3. The second-order valence-corrected chi connectivity index (χ2v) is 7.08. The first-order chi connectivity index (χ1) is 10.2. The van der Waals surface area contributed by atoms with E-state index in [1.54, 1.807) is 23.9 Å². The van der Waals surface area contributed by atoms with Crippen molar-refractivity contribution >= 4 is 17.7 Å². The largest absolute Gasteiger partial charge is 0.336 e. The summed E-state index contributed by atoms with van der Waals surface area (Å²) in [5, 5.41) is 0.